The number of benzene rings is 1. The topological polar surface area (TPSA) is 23.6 Å². The summed E-state index contributed by atoms with van der Waals surface area (Å²) in [5.41, 5.74) is 0.384. The van der Waals surface area contributed by atoms with Crippen LogP contribution in [0.25, 0.3) is 0 Å². The minimum absolute atomic E-state index is 0.191. The third kappa shape index (κ3) is 4.17. The Morgan fingerprint density at radius 1 is 1.20 bits per heavy atom. The molecule has 3 nitrogen and oxygen atoms in total. The van der Waals surface area contributed by atoms with Gasteiger partial charge in [0.05, 0.1) is 5.41 Å². The molecule has 1 aromatic carbocycles. The number of carbonyl (C=O) groups excluding carboxylic acids is 1. The monoisotopic (exact) mass is 368 g/mol. The fourth-order valence-corrected chi connectivity index (χ4v) is 4.54. The van der Waals surface area contributed by atoms with Crippen LogP contribution >= 0.6 is 11.8 Å². The lowest BCUT2D eigenvalue weighted by atomic mass is 9.78. The molecule has 138 valence electrons. The molecule has 0 unspecified atom stereocenters. The molecule has 1 spiro atoms. The maximum absolute atomic E-state index is 13.4. The van der Waals surface area contributed by atoms with E-state index < -0.39 is 11.6 Å². The fourth-order valence-electron chi connectivity index (χ4n) is 4.12. The molecule has 0 aromatic heterocycles. The predicted octanol–water partition coefficient (Wildman–Crippen LogP) is 3.53. The summed E-state index contributed by atoms with van der Waals surface area (Å²) in [7, 11) is 0. The summed E-state index contributed by atoms with van der Waals surface area (Å²) in [6.07, 6.45) is 6.11. The second-order valence-corrected chi connectivity index (χ2v) is 8.22. The number of hydrogen-bond donors (Lipinski definition) is 0. The van der Waals surface area contributed by atoms with Crippen molar-refractivity contribution in [2.24, 2.45) is 5.41 Å². The third-order valence-electron chi connectivity index (χ3n) is 5.44. The van der Waals surface area contributed by atoms with E-state index in [4.69, 9.17) is 0 Å². The average molecular weight is 368 g/mol. The first-order valence-electron chi connectivity index (χ1n) is 8.99. The van der Waals surface area contributed by atoms with E-state index in [0.717, 1.165) is 57.1 Å². The summed E-state index contributed by atoms with van der Waals surface area (Å²) in [6.45, 7) is 3.95. The molecule has 0 bridgehead atoms. The van der Waals surface area contributed by atoms with Crippen LogP contribution in [0, 0.1) is 17.0 Å². The van der Waals surface area contributed by atoms with Crippen molar-refractivity contribution in [2.75, 3.05) is 38.2 Å². The van der Waals surface area contributed by atoms with E-state index in [-0.39, 0.29) is 11.3 Å². The molecule has 1 amide bonds. The Kier molecular flexibility index (Phi) is 6.00. The fraction of sp³-hybridized carbons (Fsp3) is 0.632. The van der Waals surface area contributed by atoms with E-state index >= 15 is 0 Å². The smallest absolute Gasteiger partial charge is 0.230 e. The van der Waals surface area contributed by atoms with Crippen LogP contribution in [-0.4, -0.2) is 53.9 Å². The first-order chi connectivity index (χ1) is 12.0. The maximum atomic E-state index is 13.4. The van der Waals surface area contributed by atoms with E-state index in [1.54, 1.807) is 6.07 Å². The average Bonchev–Trinajstić information content (AvgIpc) is 3.00. The van der Waals surface area contributed by atoms with Gasteiger partial charge in [-0.15, -0.1) is 0 Å². The molecule has 2 saturated heterocycles. The van der Waals surface area contributed by atoms with Crippen molar-refractivity contribution in [3.8, 4) is 0 Å². The first kappa shape index (κ1) is 18.6. The lowest BCUT2D eigenvalue weighted by Gasteiger charge is -2.39. The van der Waals surface area contributed by atoms with Crippen molar-refractivity contribution in [1.82, 2.24) is 9.80 Å². The highest BCUT2D eigenvalue weighted by molar-refractivity contribution is 7.98. The summed E-state index contributed by atoms with van der Waals surface area (Å²) in [6, 6.07) is 3.90. The van der Waals surface area contributed by atoms with Crippen LogP contribution in [0.3, 0.4) is 0 Å². The van der Waals surface area contributed by atoms with E-state index in [9.17, 15) is 13.6 Å². The molecule has 0 N–H and O–H groups in total. The first-order valence-corrected chi connectivity index (χ1v) is 10.4. The van der Waals surface area contributed by atoms with Gasteiger partial charge >= 0.3 is 0 Å². The molecule has 1 atom stereocenters. The minimum atomic E-state index is -0.850. The van der Waals surface area contributed by atoms with Crippen LogP contribution in [-0.2, 0) is 11.3 Å². The number of hydrogen-bond acceptors (Lipinski definition) is 3. The SMILES string of the molecule is CSCCCN1CC[C@]2(CCCN(Cc3ccc(F)c(F)c3)C2=O)C1. The Bertz CT molecular complexity index is 627. The molecule has 0 saturated carbocycles. The Morgan fingerprint density at radius 3 is 2.80 bits per heavy atom. The van der Waals surface area contributed by atoms with E-state index in [0.29, 0.717) is 18.7 Å². The van der Waals surface area contributed by atoms with Gasteiger partial charge in [-0.2, -0.15) is 11.8 Å². The van der Waals surface area contributed by atoms with Gasteiger partial charge in [-0.3, -0.25) is 4.79 Å². The lowest BCUT2D eigenvalue weighted by Crippen LogP contribution is -2.49. The standard InChI is InChI=1S/C19H26F2N2OS/c1-25-11-3-8-22-10-7-19(14-22)6-2-9-23(18(19)24)13-15-4-5-16(20)17(21)12-15/h4-5,12H,2-3,6-11,13-14H2,1H3/t19-/m1/s1. The second-order valence-electron chi connectivity index (χ2n) is 7.23. The van der Waals surface area contributed by atoms with Gasteiger partial charge in [-0.25, -0.2) is 8.78 Å². The van der Waals surface area contributed by atoms with E-state index in [1.165, 1.54) is 6.07 Å². The van der Waals surface area contributed by atoms with Crippen molar-refractivity contribution in [1.29, 1.82) is 0 Å². The molecule has 1 aromatic rings. The highest BCUT2D eigenvalue weighted by Crippen LogP contribution is 2.40. The normalized spacial score (nSPS) is 24.4. The van der Waals surface area contributed by atoms with Crippen molar-refractivity contribution in [3.63, 3.8) is 0 Å². The van der Waals surface area contributed by atoms with E-state index in [2.05, 4.69) is 11.2 Å². The Hall–Kier alpha value is -1.14. The number of carbonyl (C=O) groups is 1. The summed E-state index contributed by atoms with van der Waals surface area (Å²) in [5.74, 6) is -0.352. The molecule has 2 fully saturated rings. The van der Waals surface area contributed by atoms with Crippen molar-refractivity contribution in [2.45, 2.75) is 32.2 Å². The van der Waals surface area contributed by atoms with Crippen LogP contribution in [0.2, 0.25) is 0 Å². The van der Waals surface area contributed by atoms with Gasteiger partial charge in [-0.05, 0) is 68.5 Å². The zero-order valence-corrected chi connectivity index (χ0v) is 15.6. The minimum Gasteiger partial charge on any atom is -0.338 e. The number of rotatable bonds is 6. The maximum Gasteiger partial charge on any atom is 0.230 e. The van der Waals surface area contributed by atoms with Gasteiger partial charge in [0.1, 0.15) is 0 Å². The molecular formula is C19H26F2N2OS. The van der Waals surface area contributed by atoms with Crippen LogP contribution in [0.15, 0.2) is 18.2 Å². The molecule has 2 aliphatic rings. The third-order valence-corrected chi connectivity index (χ3v) is 6.13. The second kappa shape index (κ2) is 8.04. The molecule has 3 rings (SSSR count). The molecule has 0 radical (unpaired) electrons. The highest BCUT2D eigenvalue weighted by atomic mass is 32.2. The highest BCUT2D eigenvalue weighted by Gasteiger charge is 2.47. The number of thioether (sulfide) groups is 1. The van der Waals surface area contributed by atoms with Gasteiger partial charge in [-0.1, -0.05) is 6.07 Å². The molecule has 2 aliphatic heterocycles. The van der Waals surface area contributed by atoms with Gasteiger partial charge in [0.2, 0.25) is 5.91 Å². The summed E-state index contributed by atoms with van der Waals surface area (Å²) < 4.78 is 26.5. The largest absolute Gasteiger partial charge is 0.338 e. The number of halogens is 2. The number of likely N-dealkylation sites (tertiary alicyclic amines) is 2. The van der Waals surface area contributed by atoms with Crippen molar-refractivity contribution < 1.29 is 13.6 Å². The Balaban J connectivity index is 1.64. The van der Waals surface area contributed by atoms with Crippen molar-refractivity contribution in [3.05, 3.63) is 35.4 Å². The number of piperidine rings is 1. The van der Waals surface area contributed by atoms with Crippen LogP contribution in [0.4, 0.5) is 8.78 Å². The van der Waals surface area contributed by atoms with Gasteiger partial charge in [0.15, 0.2) is 11.6 Å². The lowest BCUT2D eigenvalue weighted by molar-refractivity contribution is -0.146. The van der Waals surface area contributed by atoms with Gasteiger partial charge in [0.25, 0.3) is 0 Å². The predicted molar refractivity (Wildman–Crippen MR) is 97.5 cm³/mol. The van der Waals surface area contributed by atoms with Crippen LogP contribution in [0.1, 0.15) is 31.2 Å². The molecule has 2 heterocycles. The summed E-state index contributed by atoms with van der Waals surface area (Å²) in [5, 5.41) is 0. The zero-order chi connectivity index (χ0) is 17.9. The molecule has 6 heteroatoms. The van der Waals surface area contributed by atoms with Crippen molar-refractivity contribution >= 4 is 17.7 Å². The number of nitrogens with zero attached hydrogens (tertiary/aromatic N) is 2. The summed E-state index contributed by atoms with van der Waals surface area (Å²) >= 11 is 1.86. The molecule has 25 heavy (non-hydrogen) atoms. The zero-order valence-electron chi connectivity index (χ0n) is 14.8. The summed E-state index contributed by atoms with van der Waals surface area (Å²) in [4.78, 5) is 17.4. The Morgan fingerprint density at radius 2 is 2.04 bits per heavy atom. The molecule has 0 aliphatic carbocycles. The van der Waals surface area contributed by atoms with Crippen LogP contribution < -0.4 is 0 Å². The van der Waals surface area contributed by atoms with Crippen LogP contribution in [0.5, 0.6) is 0 Å². The molecular weight excluding hydrogens is 342 g/mol. The van der Waals surface area contributed by atoms with E-state index in [1.807, 2.05) is 16.7 Å². The number of amides is 1. The quantitative estimate of drug-likeness (QED) is 0.718. The van der Waals surface area contributed by atoms with Gasteiger partial charge < -0.3 is 9.80 Å². The van der Waals surface area contributed by atoms with Gasteiger partial charge in [0, 0.05) is 19.6 Å². The Labute approximate surface area is 152 Å².